The first-order valence-corrected chi connectivity index (χ1v) is 7.23. The molecule has 0 bridgehead atoms. The van der Waals surface area contributed by atoms with Gasteiger partial charge < -0.3 is 9.26 Å². The summed E-state index contributed by atoms with van der Waals surface area (Å²) in [4.78, 5) is 0. The van der Waals surface area contributed by atoms with Gasteiger partial charge in [0.25, 0.3) is 0 Å². The van der Waals surface area contributed by atoms with Crippen LogP contribution in [-0.4, -0.2) is 32.5 Å². The van der Waals surface area contributed by atoms with Crippen molar-refractivity contribution < 1.29 is 13.7 Å². The van der Waals surface area contributed by atoms with Crippen LogP contribution in [0, 0.1) is 0 Å². The van der Waals surface area contributed by atoms with Crippen molar-refractivity contribution in [2.75, 3.05) is 6.67 Å². The van der Waals surface area contributed by atoms with Crippen LogP contribution < -0.4 is 4.74 Å². The summed E-state index contributed by atoms with van der Waals surface area (Å²) in [7, 11) is 0. The molecule has 0 aliphatic heterocycles. The highest BCUT2D eigenvalue weighted by Crippen LogP contribution is 2.34. The average Bonchev–Trinajstić information content (AvgIpc) is 3.22. The molecule has 0 fully saturated rings. The number of nitrogens with one attached hydrogen (secondary N) is 1. The van der Waals surface area contributed by atoms with Crippen LogP contribution in [0.25, 0.3) is 11.3 Å². The lowest BCUT2D eigenvalue weighted by atomic mass is 10.1. The lowest BCUT2D eigenvalue weighted by molar-refractivity contribution is 0.173. The Hall–Kier alpha value is -2.29. The number of rotatable bonds is 6. The Balaban J connectivity index is 1.94. The van der Waals surface area contributed by atoms with Gasteiger partial charge in [0.15, 0.2) is 6.10 Å². The molecule has 0 radical (unpaired) electrons. The van der Waals surface area contributed by atoms with Crippen LogP contribution in [0.2, 0.25) is 0 Å². The number of aromatic amines is 1. The van der Waals surface area contributed by atoms with E-state index in [0.717, 1.165) is 10.0 Å². The largest absolute Gasteiger partial charge is 0.481 e. The summed E-state index contributed by atoms with van der Waals surface area (Å²) in [5.74, 6) is 0.826. The minimum Gasteiger partial charge on any atom is -0.481 e. The zero-order valence-electron chi connectivity index (χ0n) is 11.2. The Bertz CT molecular complexity index is 720. The number of alkyl halides is 1. The maximum Gasteiger partial charge on any atom is 0.215 e. The van der Waals surface area contributed by atoms with Crippen LogP contribution in [0.3, 0.4) is 0 Å². The minimum absolute atomic E-state index is 0.119. The number of nitrogens with zero attached hydrogens (tertiary/aromatic N) is 4. The van der Waals surface area contributed by atoms with Crippen LogP contribution in [-0.2, 0) is 0 Å². The summed E-state index contributed by atoms with van der Waals surface area (Å²) in [5.41, 5.74) is 1.33. The van der Waals surface area contributed by atoms with E-state index in [9.17, 15) is 4.39 Å². The van der Waals surface area contributed by atoms with Gasteiger partial charge in [-0.3, -0.25) is 4.39 Å². The second kappa shape index (κ2) is 6.65. The Morgan fingerprint density at radius 3 is 2.95 bits per heavy atom. The van der Waals surface area contributed by atoms with E-state index in [1.165, 1.54) is 6.26 Å². The molecule has 9 heteroatoms. The maximum absolute atomic E-state index is 12.8. The fourth-order valence-corrected chi connectivity index (χ4v) is 2.32. The molecule has 22 heavy (non-hydrogen) atoms. The quantitative estimate of drug-likeness (QED) is 0.719. The molecule has 0 saturated heterocycles. The summed E-state index contributed by atoms with van der Waals surface area (Å²) in [6.07, 6.45) is 0.946. The number of halogens is 2. The van der Waals surface area contributed by atoms with Gasteiger partial charge in [0.05, 0.1) is 6.67 Å². The summed E-state index contributed by atoms with van der Waals surface area (Å²) < 4.78 is 24.4. The zero-order valence-corrected chi connectivity index (χ0v) is 12.8. The molecular formula is C13H11BrFN5O2. The molecular weight excluding hydrogens is 357 g/mol. The summed E-state index contributed by atoms with van der Waals surface area (Å²) >= 11 is 3.40. The van der Waals surface area contributed by atoms with E-state index in [1.54, 1.807) is 12.1 Å². The first-order valence-electron chi connectivity index (χ1n) is 6.44. The van der Waals surface area contributed by atoms with Gasteiger partial charge in [0.1, 0.15) is 17.7 Å². The van der Waals surface area contributed by atoms with Crippen LogP contribution in [0.5, 0.6) is 5.75 Å². The molecule has 0 aliphatic carbocycles. The van der Waals surface area contributed by atoms with Crippen molar-refractivity contribution in [1.82, 2.24) is 25.8 Å². The summed E-state index contributed by atoms with van der Waals surface area (Å²) in [5, 5.41) is 17.4. The van der Waals surface area contributed by atoms with Gasteiger partial charge in [-0.1, -0.05) is 26.3 Å². The number of aromatic nitrogens is 5. The van der Waals surface area contributed by atoms with Crippen LogP contribution in [0.15, 0.2) is 39.5 Å². The van der Waals surface area contributed by atoms with E-state index in [-0.39, 0.29) is 6.42 Å². The Labute approximate surface area is 133 Å². The topological polar surface area (TPSA) is 89.7 Å². The van der Waals surface area contributed by atoms with Gasteiger partial charge in [-0.25, -0.2) is 0 Å². The summed E-state index contributed by atoms with van der Waals surface area (Å²) in [6.45, 7) is -0.560. The van der Waals surface area contributed by atoms with E-state index >= 15 is 0 Å². The van der Waals surface area contributed by atoms with Gasteiger partial charge in [0.2, 0.25) is 5.82 Å². The number of hydrogen-bond donors (Lipinski definition) is 1. The number of tetrazole rings is 1. The molecule has 1 unspecified atom stereocenters. The molecule has 2 heterocycles. The first-order chi connectivity index (χ1) is 10.8. The standard InChI is InChI=1S/C13H11BrFN5O2/c14-8-1-2-11(9(7-8)10-4-6-21-18-10)22-12(3-5-15)13-16-19-20-17-13/h1-2,4,6-7,12H,3,5H2,(H,16,17,19,20). The van der Waals surface area contributed by atoms with Gasteiger partial charge in [-0.05, 0) is 18.2 Å². The van der Waals surface area contributed by atoms with Crippen LogP contribution in [0.4, 0.5) is 4.39 Å². The van der Waals surface area contributed by atoms with Crippen LogP contribution in [0.1, 0.15) is 18.3 Å². The lowest BCUT2D eigenvalue weighted by Crippen LogP contribution is -2.11. The smallest absolute Gasteiger partial charge is 0.215 e. The fraction of sp³-hybridized carbons (Fsp3) is 0.231. The predicted molar refractivity (Wildman–Crippen MR) is 77.8 cm³/mol. The molecule has 114 valence electrons. The third-order valence-corrected chi connectivity index (χ3v) is 3.44. The monoisotopic (exact) mass is 367 g/mol. The third-order valence-electron chi connectivity index (χ3n) is 2.95. The van der Waals surface area contributed by atoms with Gasteiger partial charge in [-0.2, -0.15) is 5.21 Å². The maximum atomic E-state index is 12.8. The van der Waals surface area contributed by atoms with E-state index in [4.69, 9.17) is 9.26 Å². The predicted octanol–water partition coefficient (Wildman–Crippen LogP) is 3.10. The number of H-pyrrole nitrogens is 1. The first kappa shape index (κ1) is 14.6. The van der Waals surface area contributed by atoms with Gasteiger partial charge >= 0.3 is 0 Å². The minimum atomic E-state index is -0.643. The van der Waals surface area contributed by atoms with Crippen LogP contribution >= 0.6 is 15.9 Å². The normalized spacial score (nSPS) is 12.3. The van der Waals surface area contributed by atoms with E-state index in [0.29, 0.717) is 17.3 Å². The van der Waals surface area contributed by atoms with Crippen molar-refractivity contribution in [3.05, 3.63) is 40.8 Å². The highest BCUT2D eigenvalue weighted by molar-refractivity contribution is 9.10. The molecule has 0 saturated carbocycles. The Morgan fingerprint density at radius 1 is 1.36 bits per heavy atom. The van der Waals surface area contributed by atoms with Crippen molar-refractivity contribution in [2.45, 2.75) is 12.5 Å². The lowest BCUT2D eigenvalue weighted by Gasteiger charge is -2.17. The highest BCUT2D eigenvalue weighted by Gasteiger charge is 2.20. The fourth-order valence-electron chi connectivity index (χ4n) is 1.96. The molecule has 7 nitrogen and oxygen atoms in total. The van der Waals surface area contributed by atoms with Crippen molar-refractivity contribution in [1.29, 1.82) is 0 Å². The second-order valence-corrected chi connectivity index (χ2v) is 5.29. The molecule has 1 atom stereocenters. The highest BCUT2D eigenvalue weighted by atomic mass is 79.9. The Kier molecular flexibility index (Phi) is 4.42. The number of ether oxygens (including phenoxy) is 1. The van der Waals surface area contributed by atoms with Crippen molar-refractivity contribution in [3.63, 3.8) is 0 Å². The third kappa shape index (κ3) is 3.14. The molecule has 0 amide bonds. The molecule has 1 aromatic carbocycles. The van der Waals surface area contributed by atoms with E-state index in [1.807, 2.05) is 12.1 Å². The number of benzene rings is 1. The van der Waals surface area contributed by atoms with Crippen molar-refractivity contribution in [3.8, 4) is 17.0 Å². The number of hydrogen-bond acceptors (Lipinski definition) is 6. The molecule has 3 aromatic rings. The van der Waals surface area contributed by atoms with Gasteiger partial charge in [-0.15, -0.1) is 10.2 Å². The van der Waals surface area contributed by atoms with E-state index < -0.39 is 12.8 Å². The summed E-state index contributed by atoms with van der Waals surface area (Å²) in [6, 6.07) is 7.14. The average molecular weight is 368 g/mol. The SMILES string of the molecule is FCCC(Oc1ccc(Br)cc1-c1ccon1)c1nn[nH]n1. The molecule has 0 spiro atoms. The van der Waals surface area contributed by atoms with Crippen molar-refractivity contribution in [2.24, 2.45) is 0 Å². The zero-order chi connectivity index (χ0) is 15.4. The van der Waals surface area contributed by atoms with Gasteiger partial charge in [0, 0.05) is 22.5 Å². The Morgan fingerprint density at radius 2 is 2.27 bits per heavy atom. The van der Waals surface area contributed by atoms with E-state index in [2.05, 4.69) is 41.7 Å². The van der Waals surface area contributed by atoms with Crippen molar-refractivity contribution >= 4 is 15.9 Å². The molecule has 3 rings (SSSR count). The molecule has 0 aliphatic rings. The second-order valence-electron chi connectivity index (χ2n) is 4.38. The molecule has 2 aromatic heterocycles. The molecule has 1 N–H and O–H groups in total.